The minimum Gasteiger partial charge on any atom is -0.301 e. The minimum absolute atomic E-state index is 0.0992. The number of benzene rings is 1. The second kappa shape index (κ2) is 7.31. The number of thioether (sulfide) groups is 1. The van der Waals surface area contributed by atoms with Crippen LogP contribution in [0.3, 0.4) is 0 Å². The second-order valence-electron chi connectivity index (χ2n) is 4.15. The SMILES string of the molecule is CSc1nc(C(=O)N/N=C/c2ccccc2[N+](=O)[O-])cc(=O)[nH]1. The summed E-state index contributed by atoms with van der Waals surface area (Å²) in [4.78, 5) is 40.0. The molecule has 118 valence electrons. The number of nitro benzene ring substituents is 1. The average molecular weight is 333 g/mol. The first-order valence-electron chi connectivity index (χ1n) is 6.23. The van der Waals surface area contributed by atoms with Crippen molar-refractivity contribution in [2.45, 2.75) is 5.16 Å². The van der Waals surface area contributed by atoms with E-state index in [4.69, 9.17) is 0 Å². The Morgan fingerprint density at radius 2 is 2.22 bits per heavy atom. The largest absolute Gasteiger partial charge is 0.301 e. The van der Waals surface area contributed by atoms with Gasteiger partial charge in [-0.1, -0.05) is 23.9 Å². The zero-order valence-electron chi connectivity index (χ0n) is 11.8. The van der Waals surface area contributed by atoms with Crippen LogP contribution < -0.4 is 11.0 Å². The summed E-state index contributed by atoms with van der Waals surface area (Å²) >= 11 is 1.18. The van der Waals surface area contributed by atoms with Crippen LogP contribution in [0.2, 0.25) is 0 Å². The third-order valence-electron chi connectivity index (χ3n) is 2.65. The van der Waals surface area contributed by atoms with Crippen molar-refractivity contribution in [1.82, 2.24) is 15.4 Å². The van der Waals surface area contributed by atoms with E-state index >= 15 is 0 Å². The van der Waals surface area contributed by atoms with Gasteiger partial charge in [-0.05, 0) is 12.3 Å². The van der Waals surface area contributed by atoms with E-state index in [1.165, 1.54) is 30.0 Å². The van der Waals surface area contributed by atoms with Gasteiger partial charge in [0.05, 0.1) is 16.7 Å². The number of nitro groups is 1. The summed E-state index contributed by atoms with van der Waals surface area (Å²) in [5, 5.41) is 14.8. The average Bonchev–Trinajstić information content (AvgIpc) is 2.54. The van der Waals surface area contributed by atoms with Gasteiger partial charge in [-0.2, -0.15) is 5.10 Å². The van der Waals surface area contributed by atoms with Gasteiger partial charge in [0.15, 0.2) is 5.16 Å². The van der Waals surface area contributed by atoms with Crippen LogP contribution in [0, 0.1) is 10.1 Å². The molecular weight excluding hydrogens is 322 g/mol. The molecule has 0 aliphatic carbocycles. The lowest BCUT2D eigenvalue weighted by Crippen LogP contribution is -2.22. The molecule has 1 aromatic carbocycles. The topological polar surface area (TPSA) is 130 Å². The van der Waals surface area contributed by atoms with E-state index in [-0.39, 0.29) is 16.9 Å². The number of para-hydroxylation sites is 1. The van der Waals surface area contributed by atoms with E-state index in [0.717, 1.165) is 12.3 Å². The summed E-state index contributed by atoms with van der Waals surface area (Å²) in [5.74, 6) is -0.693. The highest BCUT2D eigenvalue weighted by Gasteiger charge is 2.11. The molecule has 0 bridgehead atoms. The molecule has 0 saturated heterocycles. The first-order valence-corrected chi connectivity index (χ1v) is 7.46. The van der Waals surface area contributed by atoms with Crippen molar-refractivity contribution >= 4 is 29.6 Å². The maximum absolute atomic E-state index is 11.9. The van der Waals surface area contributed by atoms with Gasteiger partial charge in [0, 0.05) is 12.1 Å². The molecule has 9 nitrogen and oxygen atoms in total. The van der Waals surface area contributed by atoms with Gasteiger partial charge in [-0.25, -0.2) is 10.4 Å². The molecule has 0 saturated carbocycles. The number of aromatic nitrogens is 2. The first-order chi connectivity index (χ1) is 11.0. The fourth-order valence-corrected chi connectivity index (χ4v) is 2.02. The zero-order valence-corrected chi connectivity index (χ0v) is 12.7. The lowest BCUT2D eigenvalue weighted by Gasteiger charge is -2.01. The van der Waals surface area contributed by atoms with Crippen molar-refractivity contribution < 1.29 is 9.72 Å². The predicted molar refractivity (Wildman–Crippen MR) is 84.8 cm³/mol. The van der Waals surface area contributed by atoms with Crippen LogP contribution >= 0.6 is 11.8 Å². The Hall–Kier alpha value is -3.01. The van der Waals surface area contributed by atoms with Crippen LogP contribution in [0.25, 0.3) is 0 Å². The Kier molecular flexibility index (Phi) is 5.20. The summed E-state index contributed by atoms with van der Waals surface area (Å²) in [6.45, 7) is 0. The molecule has 1 heterocycles. The molecule has 0 aliphatic heterocycles. The molecule has 0 unspecified atom stereocenters. The molecule has 1 aromatic heterocycles. The molecule has 1 amide bonds. The van der Waals surface area contributed by atoms with Gasteiger partial charge in [0.2, 0.25) is 0 Å². The number of rotatable bonds is 5. The van der Waals surface area contributed by atoms with E-state index in [1.54, 1.807) is 12.3 Å². The molecule has 2 N–H and O–H groups in total. The van der Waals surface area contributed by atoms with Crippen LogP contribution in [-0.4, -0.2) is 33.3 Å². The van der Waals surface area contributed by atoms with Gasteiger partial charge in [-0.15, -0.1) is 0 Å². The van der Waals surface area contributed by atoms with E-state index < -0.39 is 16.4 Å². The Balaban J connectivity index is 2.15. The Labute approximate surface area is 134 Å². The summed E-state index contributed by atoms with van der Waals surface area (Å²) < 4.78 is 0. The highest BCUT2D eigenvalue weighted by molar-refractivity contribution is 7.98. The standard InChI is InChI=1S/C13H11N5O4S/c1-23-13-15-9(6-11(19)16-13)12(20)17-14-7-8-4-2-3-5-10(8)18(21)22/h2-7H,1H3,(H,17,20)(H,15,16,19)/b14-7+. The number of amides is 1. The molecular formula is C13H11N5O4S. The van der Waals surface area contributed by atoms with E-state index in [0.29, 0.717) is 5.16 Å². The van der Waals surface area contributed by atoms with Crippen LogP contribution in [-0.2, 0) is 0 Å². The van der Waals surface area contributed by atoms with Crippen molar-refractivity contribution in [3.8, 4) is 0 Å². The molecule has 0 radical (unpaired) electrons. The predicted octanol–water partition coefficient (Wildman–Crippen LogP) is 1.16. The van der Waals surface area contributed by atoms with Crippen molar-refractivity contribution in [2.75, 3.05) is 6.26 Å². The summed E-state index contributed by atoms with van der Waals surface area (Å²) in [6, 6.07) is 6.99. The monoisotopic (exact) mass is 333 g/mol. The maximum atomic E-state index is 11.9. The lowest BCUT2D eigenvalue weighted by molar-refractivity contribution is -0.385. The zero-order chi connectivity index (χ0) is 16.8. The van der Waals surface area contributed by atoms with Gasteiger partial charge in [0.25, 0.3) is 17.2 Å². The van der Waals surface area contributed by atoms with Gasteiger partial charge in [0.1, 0.15) is 5.69 Å². The van der Waals surface area contributed by atoms with Gasteiger partial charge < -0.3 is 4.98 Å². The van der Waals surface area contributed by atoms with E-state index in [9.17, 15) is 19.7 Å². The fraction of sp³-hybridized carbons (Fsp3) is 0.0769. The Morgan fingerprint density at radius 3 is 2.91 bits per heavy atom. The summed E-state index contributed by atoms with van der Waals surface area (Å²) in [7, 11) is 0. The van der Waals surface area contributed by atoms with Crippen molar-refractivity contribution in [1.29, 1.82) is 0 Å². The molecule has 0 atom stereocenters. The first kappa shape index (κ1) is 16.4. The molecule has 0 spiro atoms. The van der Waals surface area contributed by atoms with Crippen LogP contribution in [0.15, 0.2) is 45.4 Å². The molecule has 0 aliphatic rings. The minimum atomic E-state index is -0.693. The van der Waals surface area contributed by atoms with Crippen molar-refractivity contribution in [3.63, 3.8) is 0 Å². The quantitative estimate of drug-likeness (QED) is 0.278. The highest BCUT2D eigenvalue weighted by atomic mass is 32.2. The third kappa shape index (κ3) is 4.23. The molecule has 0 fully saturated rings. The fourth-order valence-electron chi connectivity index (χ4n) is 1.63. The number of carbonyl (C=O) groups is 1. The second-order valence-corrected chi connectivity index (χ2v) is 4.95. The number of nitrogens with one attached hydrogen (secondary N) is 2. The highest BCUT2D eigenvalue weighted by Crippen LogP contribution is 2.15. The normalized spacial score (nSPS) is 10.7. The number of hydrazone groups is 1. The third-order valence-corrected chi connectivity index (χ3v) is 3.23. The van der Waals surface area contributed by atoms with Crippen molar-refractivity contribution in [2.24, 2.45) is 5.10 Å². The molecule has 23 heavy (non-hydrogen) atoms. The maximum Gasteiger partial charge on any atom is 0.290 e. The molecule has 10 heteroatoms. The van der Waals surface area contributed by atoms with Gasteiger partial charge in [-0.3, -0.25) is 19.7 Å². The van der Waals surface area contributed by atoms with Gasteiger partial charge >= 0.3 is 0 Å². The molecule has 2 rings (SSSR count). The molecule has 2 aromatic rings. The Morgan fingerprint density at radius 1 is 1.48 bits per heavy atom. The Bertz CT molecular complexity index is 833. The van der Waals surface area contributed by atoms with Crippen LogP contribution in [0.4, 0.5) is 5.69 Å². The number of hydrogen-bond acceptors (Lipinski definition) is 7. The number of nitrogens with zero attached hydrogens (tertiary/aromatic N) is 3. The smallest absolute Gasteiger partial charge is 0.290 e. The summed E-state index contributed by atoms with van der Waals surface area (Å²) in [5.41, 5.74) is 1.72. The van der Waals surface area contributed by atoms with Crippen molar-refractivity contribution in [3.05, 3.63) is 62.1 Å². The number of carbonyl (C=O) groups excluding carboxylic acids is 1. The number of aromatic amines is 1. The number of hydrogen-bond donors (Lipinski definition) is 2. The summed E-state index contributed by atoms with van der Waals surface area (Å²) in [6.07, 6.45) is 2.85. The van der Waals surface area contributed by atoms with Crippen LogP contribution in [0.1, 0.15) is 16.1 Å². The van der Waals surface area contributed by atoms with E-state index in [1.807, 2.05) is 0 Å². The van der Waals surface area contributed by atoms with Crippen LogP contribution in [0.5, 0.6) is 0 Å². The number of H-pyrrole nitrogens is 1. The lowest BCUT2D eigenvalue weighted by atomic mass is 10.2. The van der Waals surface area contributed by atoms with E-state index in [2.05, 4.69) is 20.5 Å².